The van der Waals surface area contributed by atoms with E-state index in [1.165, 1.54) is 0 Å². The largest absolute Gasteiger partial charge is 0.465 e. The minimum Gasteiger partial charge on any atom is -0.465 e. The van der Waals surface area contributed by atoms with E-state index in [-0.39, 0.29) is 6.04 Å². The van der Waals surface area contributed by atoms with Gasteiger partial charge in [-0.15, -0.1) is 6.58 Å². The lowest BCUT2D eigenvalue weighted by Gasteiger charge is -2.11. The van der Waals surface area contributed by atoms with Gasteiger partial charge >= 0.3 is 6.09 Å². The van der Waals surface area contributed by atoms with Gasteiger partial charge in [0.15, 0.2) is 0 Å². The molecule has 1 aromatic rings. The molecule has 2 N–H and O–H groups in total. The third-order valence-electron chi connectivity index (χ3n) is 1.89. The first-order chi connectivity index (χ1) is 6.72. The van der Waals surface area contributed by atoms with Gasteiger partial charge in [-0.1, -0.05) is 36.4 Å². The van der Waals surface area contributed by atoms with Crippen LogP contribution in [0.1, 0.15) is 5.56 Å². The maximum atomic E-state index is 10.4. The van der Waals surface area contributed by atoms with Crippen molar-refractivity contribution in [2.75, 3.05) is 0 Å². The number of amides is 1. The van der Waals surface area contributed by atoms with Crippen LogP contribution in [0.4, 0.5) is 4.79 Å². The summed E-state index contributed by atoms with van der Waals surface area (Å²) in [5.41, 5.74) is 1.09. The molecular formula is C11H13NO2. The molecule has 0 saturated carbocycles. The summed E-state index contributed by atoms with van der Waals surface area (Å²) in [6.07, 6.45) is 1.21. The lowest BCUT2D eigenvalue weighted by atomic mass is 10.1. The number of benzene rings is 1. The van der Waals surface area contributed by atoms with E-state index in [2.05, 4.69) is 11.9 Å². The highest BCUT2D eigenvalue weighted by Crippen LogP contribution is 2.03. The topological polar surface area (TPSA) is 49.3 Å². The van der Waals surface area contributed by atoms with E-state index in [9.17, 15) is 4.79 Å². The fraction of sp³-hybridized carbons (Fsp3) is 0.182. The van der Waals surface area contributed by atoms with Crippen molar-refractivity contribution in [3.05, 3.63) is 48.6 Å². The molecule has 1 amide bonds. The molecule has 0 aliphatic carbocycles. The molecule has 14 heavy (non-hydrogen) atoms. The lowest BCUT2D eigenvalue weighted by molar-refractivity contribution is 0.192. The number of hydrogen-bond acceptors (Lipinski definition) is 1. The summed E-state index contributed by atoms with van der Waals surface area (Å²) in [4.78, 5) is 10.4. The van der Waals surface area contributed by atoms with E-state index in [1.807, 2.05) is 30.3 Å². The van der Waals surface area contributed by atoms with Crippen LogP contribution in [-0.2, 0) is 6.42 Å². The van der Waals surface area contributed by atoms with Gasteiger partial charge in [0.1, 0.15) is 0 Å². The molecule has 0 bridgehead atoms. The minimum absolute atomic E-state index is 0.227. The Bertz CT molecular complexity index is 308. The van der Waals surface area contributed by atoms with Crippen LogP contribution in [-0.4, -0.2) is 17.2 Å². The Kier molecular flexibility index (Phi) is 3.73. The van der Waals surface area contributed by atoms with Gasteiger partial charge in [0.25, 0.3) is 0 Å². The maximum absolute atomic E-state index is 10.4. The number of hydrogen-bond donors (Lipinski definition) is 2. The zero-order valence-corrected chi connectivity index (χ0v) is 7.81. The first kappa shape index (κ1) is 10.3. The molecule has 0 radical (unpaired) electrons. The first-order valence-electron chi connectivity index (χ1n) is 4.38. The average Bonchev–Trinajstić information content (AvgIpc) is 2.17. The predicted molar refractivity (Wildman–Crippen MR) is 55.3 cm³/mol. The molecule has 74 valence electrons. The van der Waals surface area contributed by atoms with E-state index in [4.69, 9.17) is 5.11 Å². The van der Waals surface area contributed by atoms with Crippen LogP contribution >= 0.6 is 0 Å². The molecule has 0 fully saturated rings. The van der Waals surface area contributed by atoms with Gasteiger partial charge in [-0.25, -0.2) is 4.79 Å². The van der Waals surface area contributed by atoms with Crippen LogP contribution in [0.5, 0.6) is 0 Å². The van der Waals surface area contributed by atoms with Crippen molar-refractivity contribution >= 4 is 6.09 Å². The van der Waals surface area contributed by atoms with Crippen molar-refractivity contribution in [2.45, 2.75) is 12.5 Å². The summed E-state index contributed by atoms with van der Waals surface area (Å²) >= 11 is 0. The second-order valence-electron chi connectivity index (χ2n) is 2.98. The molecule has 0 spiro atoms. The summed E-state index contributed by atoms with van der Waals surface area (Å²) in [7, 11) is 0. The third-order valence-corrected chi connectivity index (χ3v) is 1.89. The molecule has 0 aliphatic rings. The molecule has 0 aliphatic heterocycles. The highest BCUT2D eigenvalue weighted by molar-refractivity contribution is 5.65. The van der Waals surface area contributed by atoms with Crippen molar-refractivity contribution in [1.29, 1.82) is 0 Å². The van der Waals surface area contributed by atoms with Crippen molar-refractivity contribution in [2.24, 2.45) is 0 Å². The summed E-state index contributed by atoms with van der Waals surface area (Å²) in [5, 5.41) is 10.9. The molecule has 3 heteroatoms. The van der Waals surface area contributed by atoms with Crippen molar-refractivity contribution in [1.82, 2.24) is 5.32 Å². The van der Waals surface area contributed by atoms with Gasteiger partial charge in [0, 0.05) is 0 Å². The molecular weight excluding hydrogens is 178 g/mol. The second kappa shape index (κ2) is 5.07. The second-order valence-corrected chi connectivity index (χ2v) is 2.98. The zero-order valence-electron chi connectivity index (χ0n) is 7.81. The molecule has 3 nitrogen and oxygen atoms in total. The van der Waals surface area contributed by atoms with Gasteiger partial charge in [0.2, 0.25) is 0 Å². The normalized spacial score (nSPS) is 11.7. The standard InChI is InChI=1S/C11H13NO2/c1-2-10(12-11(13)14)8-9-6-4-3-5-7-9/h2-7,10,12H,1,8H2,(H,13,14). The Balaban J connectivity index is 2.57. The molecule has 1 aromatic carbocycles. The van der Waals surface area contributed by atoms with Gasteiger partial charge < -0.3 is 10.4 Å². The van der Waals surface area contributed by atoms with E-state index in [0.717, 1.165) is 5.56 Å². The molecule has 0 aromatic heterocycles. The fourth-order valence-corrected chi connectivity index (χ4v) is 1.22. The van der Waals surface area contributed by atoms with Crippen LogP contribution in [0, 0.1) is 0 Å². The van der Waals surface area contributed by atoms with Crippen LogP contribution in [0.2, 0.25) is 0 Å². The first-order valence-corrected chi connectivity index (χ1v) is 4.38. The average molecular weight is 191 g/mol. The SMILES string of the molecule is C=CC(Cc1ccccc1)NC(=O)O. The summed E-state index contributed by atoms with van der Waals surface area (Å²) < 4.78 is 0. The van der Waals surface area contributed by atoms with Gasteiger partial charge in [0.05, 0.1) is 6.04 Å². The van der Waals surface area contributed by atoms with Crippen LogP contribution in [0.15, 0.2) is 43.0 Å². The highest BCUT2D eigenvalue weighted by atomic mass is 16.4. The van der Waals surface area contributed by atoms with Crippen molar-refractivity contribution < 1.29 is 9.90 Å². The van der Waals surface area contributed by atoms with Crippen molar-refractivity contribution in [3.63, 3.8) is 0 Å². The van der Waals surface area contributed by atoms with Crippen LogP contribution in [0.3, 0.4) is 0 Å². The minimum atomic E-state index is -1.02. The van der Waals surface area contributed by atoms with Gasteiger partial charge in [-0.2, -0.15) is 0 Å². The van der Waals surface area contributed by atoms with E-state index in [1.54, 1.807) is 6.08 Å². The molecule has 0 saturated heterocycles. The Morgan fingerprint density at radius 1 is 1.50 bits per heavy atom. The Labute approximate surface area is 83.1 Å². The van der Waals surface area contributed by atoms with E-state index < -0.39 is 6.09 Å². The van der Waals surface area contributed by atoms with Gasteiger partial charge in [-0.05, 0) is 12.0 Å². The van der Waals surface area contributed by atoms with Crippen LogP contribution < -0.4 is 5.32 Å². The quantitative estimate of drug-likeness (QED) is 0.715. The summed E-state index contributed by atoms with van der Waals surface area (Å²) in [6, 6.07) is 9.47. The Morgan fingerprint density at radius 2 is 2.14 bits per heavy atom. The summed E-state index contributed by atoms with van der Waals surface area (Å²) in [6.45, 7) is 3.58. The fourth-order valence-electron chi connectivity index (χ4n) is 1.22. The Hall–Kier alpha value is -1.77. The Morgan fingerprint density at radius 3 is 2.64 bits per heavy atom. The molecule has 1 rings (SSSR count). The maximum Gasteiger partial charge on any atom is 0.405 e. The van der Waals surface area contributed by atoms with Gasteiger partial charge in [-0.3, -0.25) is 0 Å². The van der Waals surface area contributed by atoms with Crippen LogP contribution in [0.25, 0.3) is 0 Å². The lowest BCUT2D eigenvalue weighted by Crippen LogP contribution is -2.33. The monoisotopic (exact) mass is 191 g/mol. The highest BCUT2D eigenvalue weighted by Gasteiger charge is 2.07. The number of carboxylic acid groups (broad SMARTS) is 1. The number of carbonyl (C=O) groups is 1. The molecule has 1 atom stereocenters. The molecule has 0 heterocycles. The summed E-state index contributed by atoms with van der Waals surface area (Å²) in [5.74, 6) is 0. The van der Waals surface area contributed by atoms with E-state index >= 15 is 0 Å². The third kappa shape index (κ3) is 3.31. The smallest absolute Gasteiger partial charge is 0.405 e. The zero-order chi connectivity index (χ0) is 10.4. The number of rotatable bonds is 4. The van der Waals surface area contributed by atoms with Crippen molar-refractivity contribution in [3.8, 4) is 0 Å². The number of nitrogens with one attached hydrogen (secondary N) is 1. The predicted octanol–water partition coefficient (Wildman–Crippen LogP) is 2.05. The molecule has 1 unspecified atom stereocenters. The van der Waals surface area contributed by atoms with E-state index in [0.29, 0.717) is 6.42 Å².